The molecule has 0 saturated carbocycles. The van der Waals surface area contributed by atoms with E-state index >= 15 is 0 Å². The van der Waals surface area contributed by atoms with E-state index in [1.165, 1.54) is 0 Å². The number of aromatic nitrogens is 2. The standard InChI is InChI=1S/C17H22N4O/c1-4-11-6-7-13-12(10-11)14(20-16(18)19-13)15(22)21-9-5-8-17(21,2)3/h6-7,10H,4-5,8-9H2,1-3H3,(H2,18,19,20). The Balaban J connectivity index is 2.14. The molecule has 0 bridgehead atoms. The number of hydrogen-bond donors (Lipinski definition) is 1. The number of nitrogens with two attached hydrogens (primary N) is 1. The van der Waals surface area contributed by atoms with Crippen molar-refractivity contribution in [3.63, 3.8) is 0 Å². The molecule has 5 heteroatoms. The fourth-order valence-electron chi connectivity index (χ4n) is 3.19. The highest BCUT2D eigenvalue weighted by molar-refractivity contribution is 6.05. The molecule has 1 aliphatic heterocycles. The molecule has 3 rings (SSSR count). The van der Waals surface area contributed by atoms with Crippen LogP contribution in [0, 0.1) is 0 Å². The van der Waals surface area contributed by atoms with E-state index in [0.29, 0.717) is 5.69 Å². The Kier molecular flexibility index (Phi) is 3.51. The molecule has 1 aliphatic rings. The zero-order chi connectivity index (χ0) is 15.9. The summed E-state index contributed by atoms with van der Waals surface area (Å²) < 4.78 is 0. The quantitative estimate of drug-likeness (QED) is 0.925. The second-order valence-corrected chi connectivity index (χ2v) is 6.51. The molecule has 1 aromatic carbocycles. The molecule has 0 aliphatic carbocycles. The summed E-state index contributed by atoms with van der Waals surface area (Å²) >= 11 is 0. The van der Waals surface area contributed by atoms with E-state index in [-0.39, 0.29) is 17.4 Å². The number of hydrogen-bond acceptors (Lipinski definition) is 4. The van der Waals surface area contributed by atoms with E-state index in [4.69, 9.17) is 5.73 Å². The molecule has 1 saturated heterocycles. The van der Waals surface area contributed by atoms with Gasteiger partial charge in [-0.2, -0.15) is 0 Å². The van der Waals surface area contributed by atoms with E-state index < -0.39 is 0 Å². The number of fused-ring (bicyclic) bond motifs is 1. The Morgan fingerprint density at radius 1 is 1.36 bits per heavy atom. The highest BCUT2D eigenvalue weighted by Crippen LogP contribution is 2.31. The van der Waals surface area contributed by atoms with Gasteiger partial charge in [0.2, 0.25) is 5.95 Å². The first-order valence-corrected chi connectivity index (χ1v) is 7.80. The fraction of sp³-hybridized carbons (Fsp3) is 0.471. The predicted molar refractivity (Wildman–Crippen MR) is 87.7 cm³/mol. The van der Waals surface area contributed by atoms with Crippen LogP contribution in [0.25, 0.3) is 10.9 Å². The molecule has 2 aromatic rings. The van der Waals surface area contributed by atoms with Gasteiger partial charge >= 0.3 is 0 Å². The summed E-state index contributed by atoms with van der Waals surface area (Å²) in [6.07, 6.45) is 2.94. The summed E-state index contributed by atoms with van der Waals surface area (Å²) in [5.41, 5.74) is 7.99. The summed E-state index contributed by atoms with van der Waals surface area (Å²) in [7, 11) is 0. The van der Waals surface area contributed by atoms with E-state index in [9.17, 15) is 4.79 Å². The third kappa shape index (κ3) is 2.40. The Hall–Kier alpha value is -2.17. The number of aryl methyl sites for hydroxylation is 1. The number of nitrogens with zero attached hydrogens (tertiary/aromatic N) is 3. The molecule has 116 valence electrons. The van der Waals surface area contributed by atoms with Crippen molar-refractivity contribution in [1.29, 1.82) is 0 Å². The van der Waals surface area contributed by atoms with Gasteiger partial charge in [0, 0.05) is 17.5 Å². The highest BCUT2D eigenvalue weighted by Gasteiger charge is 2.37. The predicted octanol–water partition coefficient (Wildman–Crippen LogP) is 2.79. The zero-order valence-electron chi connectivity index (χ0n) is 13.4. The fourth-order valence-corrected chi connectivity index (χ4v) is 3.19. The van der Waals surface area contributed by atoms with E-state index in [1.54, 1.807) is 0 Å². The average Bonchev–Trinajstić information content (AvgIpc) is 2.84. The second-order valence-electron chi connectivity index (χ2n) is 6.51. The third-order valence-electron chi connectivity index (χ3n) is 4.53. The minimum atomic E-state index is -0.133. The monoisotopic (exact) mass is 298 g/mol. The number of carbonyl (C=O) groups excluding carboxylic acids is 1. The van der Waals surface area contributed by atoms with Gasteiger partial charge in [-0.1, -0.05) is 13.0 Å². The lowest BCUT2D eigenvalue weighted by Crippen LogP contribution is -2.43. The van der Waals surface area contributed by atoms with Gasteiger partial charge in [0.1, 0.15) is 5.69 Å². The molecule has 0 atom stereocenters. The van der Waals surface area contributed by atoms with Crippen LogP contribution in [0.4, 0.5) is 5.95 Å². The third-order valence-corrected chi connectivity index (χ3v) is 4.53. The Bertz CT molecular complexity index is 739. The van der Waals surface area contributed by atoms with Crippen LogP contribution in [0.15, 0.2) is 18.2 Å². The number of rotatable bonds is 2. The largest absolute Gasteiger partial charge is 0.368 e. The minimum absolute atomic E-state index is 0.0464. The summed E-state index contributed by atoms with van der Waals surface area (Å²) in [5, 5.41) is 0.793. The number of benzene rings is 1. The number of amides is 1. The van der Waals surface area contributed by atoms with Gasteiger partial charge in [0.15, 0.2) is 0 Å². The number of anilines is 1. The molecule has 2 heterocycles. The smallest absolute Gasteiger partial charge is 0.273 e. The Labute approximate surface area is 130 Å². The Morgan fingerprint density at radius 2 is 2.14 bits per heavy atom. The van der Waals surface area contributed by atoms with Crippen LogP contribution in [0.5, 0.6) is 0 Å². The van der Waals surface area contributed by atoms with Crippen molar-refractivity contribution in [3.05, 3.63) is 29.5 Å². The summed E-state index contributed by atoms with van der Waals surface area (Å²) in [4.78, 5) is 23.4. The van der Waals surface area contributed by atoms with Gasteiger partial charge in [-0.25, -0.2) is 9.97 Å². The van der Waals surface area contributed by atoms with E-state index in [2.05, 4.69) is 30.7 Å². The van der Waals surface area contributed by atoms with Gasteiger partial charge in [-0.05, 0) is 50.8 Å². The second kappa shape index (κ2) is 5.23. The van der Waals surface area contributed by atoms with Crippen LogP contribution in [-0.2, 0) is 6.42 Å². The number of nitrogen functional groups attached to an aromatic ring is 1. The number of carbonyl (C=O) groups is 1. The number of likely N-dealkylation sites (tertiary alicyclic amines) is 1. The van der Waals surface area contributed by atoms with Crippen LogP contribution in [0.3, 0.4) is 0 Å². The first-order valence-electron chi connectivity index (χ1n) is 7.80. The van der Waals surface area contributed by atoms with Crippen molar-refractivity contribution in [3.8, 4) is 0 Å². The summed E-state index contributed by atoms with van der Waals surface area (Å²) in [6, 6.07) is 5.94. The maximum Gasteiger partial charge on any atom is 0.273 e. The van der Waals surface area contributed by atoms with E-state index in [1.807, 2.05) is 23.1 Å². The van der Waals surface area contributed by atoms with Crippen molar-refractivity contribution < 1.29 is 4.79 Å². The molecule has 1 aromatic heterocycles. The SMILES string of the molecule is CCc1ccc2nc(N)nc(C(=O)N3CCCC3(C)C)c2c1. The van der Waals surface area contributed by atoms with Gasteiger partial charge < -0.3 is 10.6 Å². The first-order chi connectivity index (χ1) is 10.4. The minimum Gasteiger partial charge on any atom is -0.368 e. The van der Waals surface area contributed by atoms with Crippen molar-refractivity contribution in [2.75, 3.05) is 12.3 Å². The molecule has 0 radical (unpaired) electrons. The maximum absolute atomic E-state index is 13.0. The molecule has 1 amide bonds. The van der Waals surface area contributed by atoms with Crippen molar-refractivity contribution in [2.45, 2.75) is 45.6 Å². The molecular weight excluding hydrogens is 276 g/mol. The summed E-state index contributed by atoms with van der Waals surface area (Å²) in [5.74, 6) is 0.104. The average molecular weight is 298 g/mol. The van der Waals surface area contributed by atoms with Gasteiger partial charge in [-0.15, -0.1) is 0 Å². The molecule has 0 unspecified atom stereocenters. The first kappa shape index (κ1) is 14.8. The van der Waals surface area contributed by atoms with Crippen LogP contribution < -0.4 is 5.73 Å². The van der Waals surface area contributed by atoms with Crippen molar-refractivity contribution >= 4 is 22.8 Å². The molecule has 1 fully saturated rings. The molecular formula is C17H22N4O. The lowest BCUT2D eigenvalue weighted by Gasteiger charge is -2.31. The van der Waals surface area contributed by atoms with Crippen molar-refractivity contribution in [1.82, 2.24) is 14.9 Å². The van der Waals surface area contributed by atoms with Gasteiger partial charge in [0.05, 0.1) is 5.52 Å². The molecule has 0 spiro atoms. The van der Waals surface area contributed by atoms with Crippen LogP contribution in [0.2, 0.25) is 0 Å². The lowest BCUT2D eigenvalue weighted by molar-refractivity contribution is 0.0648. The lowest BCUT2D eigenvalue weighted by atomic mass is 10.0. The normalized spacial score (nSPS) is 17.1. The van der Waals surface area contributed by atoms with Crippen molar-refractivity contribution in [2.24, 2.45) is 0 Å². The maximum atomic E-state index is 13.0. The zero-order valence-corrected chi connectivity index (χ0v) is 13.4. The highest BCUT2D eigenvalue weighted by atomic mass is 16.2. The van der Waals surface area contributed by atoms with E-state index in [0.717, 1.165) is 42.3 Å². The van der Waals surface area contributed by atoms with Crippen LogP contribution in [0.1, 0.15) is 49.7 Å². The molecule has 5 nitrogen and oxygen atoms in total. The molecule has 22 heavy (non-hydrogen) atoms. The summed E-state index contributed by atoms with van der Waals surface area (Å²) in [6.45, 7) is 7.05. The van der Waals surface area contributed by atoms with Crippen LogP contribution in [-0.4, -0.2) is 32.9 Å². The van der Waals surface area contributed by atoms with Gasteiger partial charge in [-0.3, -0.25) is 4.79 Å². The topological polar surface area (TPSA) is 72.1 Å². The molecule has 2 N–H and O–H groups in total. The Morgan fingerprint density at radius 3 is 2.77 bits per heavy atom. The van der Waals surface area contributed by atoms with Gasteiger partial charge in [0.25, 0.3) is 5.91 Å². The van der Waals surface area contributed by atoms with Crippen LogP contribution >= 0.6 is 0 Å².